The van der Waals surface area contributed by atoms with Gasteiger partial charge in [0.2, 0.25) is 5.91 Å². The topological polar surface area (TPSA) is 95.8 Å². The quantitative estimate of drug-likeness (QED) is 0.320. The van der Waals surface area contributed by atoms with Crippen LogP contribution in [0.2, 0.25) is 0 Å². The van der Waals surface area contributed by atoms with Crippen LogP contribution >= 0.6 is 11.3 Å². The Morgan fingerprint density at radius 1 is 1.02 bits per heavy atom. The lowest BCUT2D eigenvalue weighted by molar-refractivity contribution is -0.134. The van der Waals surface area contributed by atoms with Gasteiger partial charge in [-0.05, 0) is 44.2 Å². The molecule has 7 rings (SSSR count). The first-order chi connectivity index (χ1) is 19.5. The van der Waals surface area contributed by atoms with Crippen LogP contribution < -0.4 is 4.90 Å². The SMILES string of the molecule is Cc1cccc(-c2nc(-c3nc4ccccc4[nH]3)c(N3CCN(C(=O)Cn4cnc5cccnc54)C(C)C3)s2)c1. The minimum absolute atomic E-state index is 0.0250. The Morgan fingerprint density at radius 3 is 2.75 bits per heavy atom. The molecule has 0 radical (unpaired) electrons. The number of pyridine rings is 1. The van der Waals surface area contributed by atoms with E-state index in [-0.39, 0.29) is 18.5 Å². The molecule has 0 bridgehead atoms. The number of anilines is 1. The molecule has 0 saturated carbocycles. The number of carbonyl (C=O) groups excluding carboxylic acids is 1. The summed E-state index contributed by atoms with van der Waals surface area (Å²) >= 11 is 1.68. The number of para-hydroxylation sites is 2. The highest BCUT2D eigenvalue weighted by molar-refractivity contribution is 7.19. The van der Waals surface area contributed by atoms with E-state index in [1.807, 2.05) is 45.9 Å². The van der Waals surface area contributed by atoms with E-state index < -0.39 is 0 Å². The molecule has 2 aromatic carbocycles. The number of aromatic nitrogens is 6. The molecule has 1 atom stereocenters. The second kappa shape index (κ2) is 9.87. The van der Waals surface area contributed by atoms with E-state index in [0.717, 1.165) is 49.3 Å². The number of fused-ring (bicyclic) bond motifs is 2. The number of benzene rings is 2. The summed E-state index contributed by atoms with van der Waals surface area (Å²) in [5.41, 5.74) is 6.56. The summed E-state index contributed by atoms with van der Waals surface area (Å²) < 4.78 is 1.83. The van der Waals surface area contributed by atoms with Gasteiger partial charge < -0.3 is 19.4 Å². The Hall–Kier alpha value is -4.57. The van der Waals surface area contributed by atoms with Gasteiger partial charge in [-0.2, -0.15) is 0 Å². The highest BCUT2D eigenvalue weighted by Gasteiger charge is 2.31. The summed E-state index contributed by atoms with van der Waals surface area (Å²) in [7, 11) is 0. The third-order valence-electron chi connectivity index (χ3n) is 7.40. The number of H-pyrrole nitrogens is 1. The number of carbonyl (C=O) groups is 1. The third kappa shape index (κ3) is 4.40. The van der Waals surface area contributed by atoms with E-state index in [1.165, 1.54) is 5.56 Å². The third-order valence-corrected chi connectivity index (χ3v) is 8.57. The molecule has 4 aromatic heterocycles. The number of rotatable bonds is 5. The van der Waals surface area contributed by atoms with E-state index in [1.54, 1.807) is 23.9 Å². The number of nitrogens with zero attached hydrogens (tertiary/aromatic N) is 7. The normalized spacial score (nSPS) is 15.8. The standard InChI is InChI=1S/C30H28N8OS/c1-19-7-5-8-21(15-19)29-35-26(27-33-22-9-3-4-10-23(22)34-27)30(40-29)36-13-14-38(20(2)16-36)25(39)17-37-18-32-24-11-6-12-31-28(24)37/h3-12,15,18,20H,13-14,16-17H2,1-2H3,(H,33,34). The number of hydrogen-bond donors (Lipinski definition) is 1. The molecule has 0 spiro atoms. The molecule has 1 unspecified atom stereocenters. The van der Waals surface area contributed by atoms with E-state index in [0.29, 0.717) is 19.6 Å². The number of nitrogens with one attached hydrogen (secondary N) is 1. The van der Waals surface area contributed by atoms with Gasteiger partial charge in [0, 0.05) is 37.4 Å². The van der Waals surface area contributed by atoms with Gasteiger partial charge in [-0.3, -0.25) is 4.79 Å². The number of aryl methyl sites for hydroxylation is 1. The number of thiazole rings is 1. The summed E-state index contributed by atoms with van der Waals surface area (Å²) in [6.07, 6.45) is 3.42. The molecule has 5 heterocycles. The van der Waals surface area contributed by atoms with Crippen molar-refractivity contribution in [2.24, 2.45) is 0 Å². The number of amides is 1. The van der Waals surface area contributed by atoms with Crippen molar-refractivity contribution in [3.05, 3.63) is 78.8 Å². The first-order valence-electron chi connectivity index (χ1n) is 13.4. The number of hydrogen-bond acceptors (Lipinski definition) is 7. The van der Waals surface area contributed by atoms with Gasteiger partial charge in [-0.1, -0.05) is 47.2 Å². The average molecular weight is 549 g/mol. The summed E-state index contributed by atoms with van der Waals surface area (Å²) in [6, 6.07) is 20.3. The number of imidazole rings is 2. The molecule has 40 heavy (non-hydrogen) atoms. The van der Waals surface area contributed by atoms with Crippen LogP contribution in [0, 0.1) is 6.92 Å². The Balaban J connectivity index is 1.18. The van der Waals surface area contributed by atoms with E-state index in [9.17, 15) is 4.79 Å². The van der Waals surface area contributed by atoms with Crippen molar-refractivity contribution in [1.29, 1.82) is 0 Å². The molecule has 9 nitrogen and oxygen atoms in total. The fourth-order valence-electron chi connectivity index (χ4n) is 5.41. The van der Waals surface area contributed by atoms with Crippen molar-refractivity contribution < 1.29 is 4.79 Å². The second-order valence-corrected chi connectivity index (χ2v) is 11.2. The predicted octanol–water partition coefficient (Wildman–Crippen LogP) is 5.14. The minimum atomic E-state index is 0.0250. The minimum Gasteiger partial charge on any atom is -0.358 e. The van der Waals surface area contributed by atoms with Crippen LogP contribution in [0.3, 0.4) is 0 Å². The van der Waals surface area contributed by atoms with Gasteiger partial charge in [0.25, 0.3) is 0 Å². The lowest BCUT2D eigenvalue weighted by Crippen LogP contribution is -2.54. The fourth-order valence-corrected chi connectivity index (χ4v) is 6.51. The van der Waals surface area contributed by atoms with Crippen molar-refractivity contribution in [3.8, 4) is 22.1 Å². The maximum atomic E-state index is 13.4. The molecule has 1 aliphatic rings. The maximum absolute atomic E-state index is 13.4. The second-order valence-electron chi connectivity index (χ2n) is 10.2. The maximum Gasteiger partial charge on any atom is 0.242 e. The molecule has 1 saturated heterocycles. The predicted molar refractivity (Wildman–Crippen MR) is 158 cm³/mol. The smallest absolute Gasteiger partial charge is 0.242 e. The Morgan fingerprint density at radius 2 is 1.90 bits per heavy atom. The summed E-state index contributed by atoms with van der Waals surface area (Å²) in [6.45, 7) is 6.47. The van der Waals surface area contributed by atoms with Crippen molar-refractivity contribution in [1.82, 2.24) is 34.4 Å². The monoisotopic (exact) mass is 548 g/mol. The number of piperazine rings is 1. The highest BCUT2D eigenvalue weighted by atomic mass is 32.1. The average Bonchev–Trinajstić information content (AvgIpc) is 3.70. The van der Waals surface area contributed by atoms with Crippen LogP contribution in [-0.4, -0.2) is 66.0 Å². The molecule has 10 heteroatoms. The summed E-state index contributed by atoms with van der Waals surface area (Å²) in [4.78, 5) is 39.9. The molecule has 0 aliphatic carbocycles. The molecule has 1 N–H and O–H groups in total. The number of aromatic amines is 1. The van der Waals surface area contributed by atoms with Gasteiger partial charge >= 0.3 is 0 Å². The first-order valence-corrected chi connectivity index (χ1v) is 14.2. The van der Waals surface area contributed by atoms with Gasteiger partial charge in [0.15, 0.2) is 11.5 Å². The molecule has 1 aliphatic heterocycles. The van der Waals surface area contributed by atoms with Crippen LogP contribution in [0.4, 0.5) is 5.00 Å². The zero-order valence-electron chi connectivity index (χ0n) is 22.3. The molecule has 6 aromatic rings. The van der Waals surface area contributed by atoms with Gasteiger partial charge in [-0.25, -0.2) is 19.9 Å². The lowest BCUT2D eigenvalue weighted by Gasteiger charge is -2.40. The lowest BCUT2D eigenvalue weighted by atomic mass is 10.1. The molecular formula is C30H28N8OS. The zero-order valence-corrected chi connectivity index (χ0v) is 23.1. The zero-order chi connectivity index (χ0) is 27.2. The van der Waals surface area contributed by atoms with Crippen LogP contribution in [-0.2, 0) is 11.3 Å². The van der Waals surface area contributed by atoms with Gasteiger partial charge in [0.1, 0.15) is 27.8 Å². The molecule has 200 valence electrons. The van der Waals surface area contributed by atoms with Crippen molar-refractivity contribution >= 4 is 44.4 Å². The summed E-state index contributed by atoms with van der Waals surface area (Å²) in [5, 5.41) is 2.03. The molecular weight excluding hydrogens is 520 g/mol. The van der Waals surface area contributed by atoms with Crippen LogP contribution in [0.15, 0.2) is 73.2 Å². The van der Waals surface area contributed by atoms with E-state index in [4.69, 9.17) is 9.97 Å². The first kappa shape index (κ1) is 24.5. The molecule has 1 amide bonds. The summed E-state index contributed by atoms with van der Waals surface area (Å²) in [5.74, 6) is 0.830. The van der Waals surface area contributed by atoms with Crippen molar-refractivity contribution in [2.75, 3.05) is 24.5 Å². The van der Waals surface area contributed by atoms with E-state index >= 15 is 0 Å². The van der Waals surface area contributed by atoms with Crippen LogP contribution in [0.5, 0.6) is 0 Å². The van der Waals surface area contributed by atoms with Gasteiger partial charge in [0.05, 0.1) is 17.4 Å². The van der Waals surface area contributed by atoms with Crippen LogP contribution in [0.1, 0.15) is 12.5 Å². The highest BCUT2D eigenvalue weighted by Crippen LogP contribution is 2.41. The Bertz CT molecular complexity index is 1820. The Labute approximate surface area is 235 Å². The largest absolute Gasteiger partial charge is 0.358 e. The molecule has 1 fully saturated rings. The Kier molecular flexibility index (Phi) is 6.04. The van der Waals surface area contributed by atoms with Gasteiger partial charge in [-0.15, -0.1) is 0 Å². The van der Waals surface area contributed by atoms with Crippen LogP contribution in [0.25, 0.3) is 44.3 Å². The van der Waals surface area contributed by atoms with E-state index in [2.05, 4.69) is 58.0 Å². The van der Waals surface area contributed by atoms with Crippen molar-refractivity contribution in [3.63, 3.8) is 0 Å². The fraction of sp³-hybridized carbons (Fsp3) is 0.233. The van der Waals surface area contributed by atoms with Crippen molar-refractivity contribution in [2.45, 2.75) is 26.4 Å².